The number of aromatic hydroxyl groups is 1. The lowest BCUT2D eigenvalue weighted by Crippen LogP contribution is -2.07. The molecule has 3 aromatic carbocycles. The Hall–Kier alpha value is -2.44. The van der Waals surface area contributed by atoms with Crippen LogP contribution in [0.25, 0.3) is 0 Å². The number of aryl methyl sites for hydroxylation is 2. The van der Waals surface area contributed by atoms with E-state index in [1.165, 1.54) is 10.9 Å². The molecule has 3 rings (SSSR count). The van der Waals surface area contributed by atoms with Gasteiger partial charge < -0.3 is 5.11 Å². The number of rotatable bonds is 7. The number of hydrogen-bond donors (Lipinski definition) is 1. The number of phenols is 1. The molecular formula is C25H28NOP. The summed E-state index contributed by atoms with van der Waals surface area (Å²) in [6, 6.07) is 22.7. The first-order valence-electron chi connectivity index (χ1n) is 9.83. The molecule has 0 fully saturated rings. The van der Waals surface area contributed by atoms with Gasteiger partial charge in [0.1, 0.15) is 5.75 Å². The Kier molecular flexibility index (Phi) is 7.01. The predicted molar refractivity (Wildman–Crippen MR) is 123 cm³/mol. The fraction of sp³-hybridized carbons (Fsp3) is 0.240. The monoisotopic (exact) mass is 389 g/mol. The molecule has 0 heterocycles. The van der Waals surface area contributed by atoms with Gasteiger partial charge in [0.15, 0.2) is 0 Å². The van der Waals surface area contributed by atoms with Gasteiger partial charge in [0, 0.05) is 23.0 Å². The van der Waals surface area contributed by atoms with Crippen LogP contribution in [0.4, 0.5) is 5.69 Å². The van der Waals surface area contributed by atoms with Crippen molar-refractivity contribution in [3.05, 3.63) is 89.0 Å². The van der Waals surface area contributed by atoms with Crippen molar-refractivity contribution < 1.29 is 5.11 Å². The van der Waals surface area contributed by atoms with Crippen molar-refractivity contribution in [2.75, 3.05) is 0 Å². The summed E-state index contributed by atoms with van der Waals surface area (Å²) in [7, 11) is 0.584. The number of phenolic OH excluding ortho intramolecular Hbond substituents is 1. The van der Waals surface area contributed by atoms with Gasteiger partial charge in [0.05, 0.1) is 5.69 Å². The third kappa shape index (κ3) is 5.09. The molecule has 28 heavy (non-hydrogen) atoms. The first-order chi connectivity index (χ1) is 13.6. The quantitative estimate of drug-likeness (QED) is 0.358. The zero-order chi connectivity index (χ0) is 19.9. The van der Waals surface area contributed by atoms with E-state index < -0.39 is 0 Å². The third-order valence-corrected chi connectivity index (χ3v) is 6.54. The van der Waals surface area contributed by atoms with Crippen LogP contribution in [0.2, 0.25) is 0 Å². The molecule has 0 aliphatic carbocycles. The standard InChI is InChI=1S/C25H28NOP/c1-4-10-24(22-16-18(2)15-19(3)25(22)27)28-23-14-9-8-11-20(23)17-26-21-12-6-5-7-13-21/h5-9,11-17,24,27-28H,4,10H2,1-3H3/b26-17+. The number of benzene rings is 3. The van der Waals surface area contributed by atoms with E-state index in [9.17, 15) is 5.11 Å². The van der Waals surface area contributed by atoms with Gasteiger partial charge >= 0.3 is 0 Å². The Labute approximate surface area is 170 Å². The second-order valence-corrected chi connectivity index (χ2v) is 8.71. The average molecular weight is 389 g/mol. The van der Waals surface area contributed by atoms with Gasteiger partial charge in [0.2, 0.25) is 0 Å². The van der Waals surface area contributed by atoms with E-state index in [-0.39, 0.29) is 0 Å². The number of nitrogens with zero attached hydrogens (tertiary/aromatic N) is 1. The van der Waals surface area contributed by atoms with E-state index in [1.54, 1.807) is 0 Å². The zero-order valence-electron chi connectivity index (χ0n) is 16.8. The molecule has 0 aromatic heterocycles. The summed E-state index contributed by atoms with van der Waals surface area (Å²) >= 11 is 0. The number of hydrogen-bond acceptors (Lipinski definition) is 2. The molecule has 0 spiro atoms. The van der Waals surface area contributed by atoms with Crippen LogP contribution in [-0.4, -0.2) is 11.3 Å². The maximum atomic E-state index is 10.7. The van der Waals surface area contributed by atoms with E-state index in [4.69, 9.17) is 0 Å². The number of para-hydroxylation sites is 1. The molecule has 0 saturated heterocycles. The highest BCUT2D eigenvalue weighted by molar-refractivity contribution is 7.47. The Morgan fingerprint density at radius 2 is 1.71 bits per heavy atom. The molecular weight excluding hydrogens is 361 g/mol. The SMILES string of the molecule is CCCC(Pc1ccccc1/C=N/c1ccccc1)c1cc(C)cc(C)c1O. The molecule has 3 aromatic rings. The van der Waals surface area contributed by atoms with Crippen LogP contribution in [0.3, 0.4) is 0 Å². The molecule has 0 aliphatic rings. The highest BCUT2D eigenvalue weighted by atomic mass is 31.1. The Morgan fingerprint density at radius 1 is 1.00 bits per heavy atom. The van der Waals surface area contributed by atoms with Crippen LogP contribution in [0.15, 0.2) is 71.7 Å². The molecule has 0 bridgehead atoms. The minimum absolute atomic E-state index is 0.315. The van der Waals surface area contributed by atoms with Gasteiger partial charge in [-0.3, -0.25) is 4.99 Å². The first kappa shape index (κ1) is 20.3. The summed E-state index contributed by atoms with van der Waals surface area (Å²) in [6.45, 7) is 6.29. The lowest BCUT2D eigenvalue weighted by atomic mass is 10.0. The normalized spacial score (nSPS) is 12.8. The second-order valence-electron chi connectivity index (χ2n) is 7.19. The van der Waals surface area contributed by atoms with Gasteiger partial charge in [-0.15, -0.1) is 0 Å². The molecule has 0 aliphatic heterocycles. The predicted octanol–water partition coefficient (Wildman–Crippen LogP) is 6.60. The summed E-state index contributed by atoms with van der Waals surface area (Å²) in [6.07, 6.45) is 4.10. The van der Waals surface area contributed by atoms with Gasteiger partial charge in [0.25, 0.3) is 0 Å². The van der Waals surface area contributed by atoms with Crippen molar-refractivity contribution in [3.63, 3.8) is 0 Å². The average Bonchev–Trinajstić information content (AvgIpc) is 2.70. The third-order valence-electron chi connectivity index (χ3n) is 4.83. The summed E-state index contributed by atoms with van der Waals surface area (Å²) in [4.78, 5) is 4.64. The van der Waals surface area contributed by atoms with Crippen LogP contribution in [0, 0.1) is 13.8 Å². The highest BCUT2D eigenvalue weighted by Gasteiger charge is 2.18. The molecule has 2 atom stereocenters. The Balaban J connectivity index is 1.92. The Bertz CT molecular complexity index is 950. The zero-order valence-corrected chi connectivity index (χ0v) is 17.8. The molecule has 0 saturated carbocycles. The minimum Gasteiger partial charge on any atom is -0.507 e. The smallest absolute Gasteiger partial charge is 0.122 e. The van der Waals surface area contributed by atoms with E-state index in [2.05, 4.69) is 49.2 Å². The topological polar surface area (TPSA) is 32.6 Å². The van der Waals surface area contributed by atoms with Crippen molar-refractivity contribution in [2.24, 2.45) is 4.99 Å². The fourth-order valence-electron chi connectivity index (χ4n) is 3.44. The van der Waals surface area contributed by atoms with E-state index >= 15 is 0 Å². The second kappa shape index (κ2) is 9.66. The summed E-state index contributed by atoms with van der Waals surface area (Å²) in [5, 5.41) is 12.0. The lowest BCUT2D eigenvalue weighted by molar-refractivity contribution is 0.461. The molecule has 2 unspecified atom stereocenters. The summed E-state index contributed by atoms with van der Waals surface area (Å²) in [5.74, 6) is 0.451. The lowest BCUT2D eigenvalue weighted by Gasteiger charge is -2.21. The summed E-state index contributed by atoms with van der Waals surface area (Å²) < 4.78 is 0. The van der Waals surface area contributed by atoms with Crippen molar-refractivity contribution in [3.8, 4) is 5.75 Å². The number of aliphatic imine (C=N–C) groups is 1. The van der Waals surface area contributed by atoms with Crippen molar-refractivity contribution >= 4 is 25.8 Å². The van der Waals surface area contributed by atoms with Crippen LogP contribution < -0.4 is 5.30 Å². The maximum Gasteiger partial charge on any atom is 0.122 e. The fourth-order valence-corrected chi connectivity index (χ4v) is 5.13. The van der Waals surface area contributed by atoms with Crippen LogP contribution in [-0.2, 0) is 0 Å². The van der Waals surface area contributed by atoms with Gasteiger partial charge in [-0.1, -0.05) is 82.1 Å². The molecule has 0 amide bonds. The van der Waals surface area contributed by atoms with Gasteiger partial charge in [-0.2, -0.15) is 0 Å². The van der Waals surface area contributed by atoms with Crippen LogP contribution in [0.5, 0.6) is 5.75 Å². The van der Waals surface area contributed by atoms with Crippen molar-refractivity contribution in [1.29, 1.82) is 0 Å². The van der Waals surface area contributed by atoms with E-state index in [0.29, 0.717) is 20.0 Å². The van der Waals surface area contributed by atoms with E-state index in [0.717, 1.165) is 35.2 Å². The molecule has 2 nitrogen and oxygen atoms in total. The van der Waals surface area contributed by atoms with Gasteiger partial charge in [-0.25, -0.2) is 0 Å². The molecule has 144 valence electrons. The highest BCUT2D eigenvalue weighted by Crippen LogP contribution is 2.43. The maximum absolute atomic E-state index is 10.7. The molecule has 1 N–H and O–H groups in total. The molecule has 0 radical (unpaired) electrons. The minimum atomic E-state index is 0.315. The van der Waals surface area contributed by atoms with Crippen molar-refractivity contribution in [2.45, 2.75) is 39.3 Å². The summed E-state index contributed by atoms with van der Waals surface area (Å²) in [5.41, 5.74) is 5.66. The van der Waals surface area contributed by atoms with E-state index in [1.807, 2.05) is 49.5 Å². The van der Waals surface area contributed by atoms with Crippen LogP contribution >= 0.6 is 8.58 Å². The first-order valence-corrected chi connectivity index (χ1v) is 10.9. The van der Waals surface area contributed by atoms with Crippen molar-refractivity contribution in [1.82, 2.24) is 0 Å². The largest absolute Gasteiger partial charge is 0.507 e. The Morgan fingerprint density at radius 3 is 2.46 bits per heavy atom. The van der Waals surface area contributed by atoms with Gasteiger partial charge in [-0.05, 0) is 43.3 Å². The molecule has 3 heteroatoms. The van der Waals surface area contributed by atoms with Crippen LogP contribution in [0.1, 0.15) is 47.7 Å².